The molecule has 0 bridgehead atoms. The molecule has 0 aliphatic rings. The first-order chi connectivity index (χ1) is 13.9. The molecule has 2 aromatic carbocycles. The standard InChI is InChI=1S/C21H20N2O6/c1-29-19-8-12(2-6-18(19)25)3-7-20(26)23-17(21(27)28)9-13-11-22-16-5-4-14(24)10-15(13)16/h2-8,10-11,17,22,24-25H,9H2,1H3,(H,23,26)(H,27,28)/b7-3+. The second kappa shape index (κ2) is 8.39. The number of phenolic OH excluding ortho intramolecular Hbond substituents is 2. The van der Waals surface area contributed by atoms with Crippen LogP contribution in [0.4, 0.5) is 0 Å². The van der Waals surface area contributed by atoms with Crippen LogP contribution in [0.25, 0.3) is 17.0 Å². The smallest absolute Gasteiger partial charge is 0.326 e. The third-order valence-corrected chi connectivity index (χ3v) is 4.42. The van der Waals surface area contributed by atoms with Crippen molar-refractivity contribution in [2.24, 2.45) is 0 Å². The van der Waals surface area contributed by atoms with E-state index in [1.165, 1.54) is 31.4 Å². The van der Waals surface area contributed by atoms with Crippen LogP contribution in [0, 0.1) is 0 Å². The number of aromatic hydroxyl groups is 2. The van der Waals surface area contributed by atoms with Crippen molar-refractivity contribution >= 4 is 28.9 Å². The van der Waals surface area contributed by atoms with Gasteiger partial charge in [0, 0.05) is 29.6 Å². The van der Waals surface area contributed by atoms with Gasteiger partial charge in [0.2, 0.25) is 5.91 Å². The third kappa shape index (κ3) is 4.67. The molecule has 0 spiro atoms. The van der Waals surface area contributed by atoms with Crippen molar-refractivity contribution in [3.8, 4) is 17.2 Å². The Morgan fingerprint density at radius 1 is 1.21 bits per heavy atom. The van der Waals surface area contributed by atoms with Crippen molar-refractivity contribution in [1.82, 2.24) is 10.3 Å². The van der Waals surface area contributed by atoms with E-state index >= 15 is 0 Å². The summed E-state index contributed by atoms with van der Waals surface area (Å²) in [5.41, 5.74) is 2.03. The van der Waals surface area contributed by atoms with Crippen molar-refractivity contribution < 1.29 is 29.6 Å². The Morgan fingerprint density at radius 3 is 2.72 bits per heavy atom. The molecule has 1 atom stereocenters. The van der Waals surface area contributed by atoms with Crippen LogP contribution < -0.4 is 10.1 Å². The second-order valence-electron chi connectivity index (χ2n) is 6.41. The Kier molecular flexibility index (Phi) is 5.73. The van der Waals surface area contributed by atoms with Crippen LogP contribution in [0.2, 0.25) is 0 Å². The van der Waals surface area contributed by atoms with Gasteiger partial charge < -0.3 is 30.4 Å². The molecule has 1 unspecified atom stereocenters. The first-order valence-electron chi connectivity index (χ1n) is 8.74. The molecular weight excluding hydrogens is 376 g/mol. The van der Waals surface area contributed by atoms with Crippen molar-refractivity contribution in [2.75, 3.05) is 7.11 Å². The number of carbonyl (C=O) groups excluding carboxylic acids is 1. The fourth-order valence-electron chi connectivity index (χ4n) is 2.94. The number of hydrogen-bond donors (Lipinski definition) is 5. The number of aromatic amines is 1. The number of ether oxygens (including phenoxy) is 1. The zero-order chi connectivity index (χ0) is 21.0. The van der Waals surface area contributed by atoms with Crippen LogP contribution in [0.3, 0.4) is 0 Å². The predicted molar refractivity (Wildman–Crippen MR) is 107 cm³/mol. The maximum Gasteiger partial charge on any atom is 0.326 e. The molecule has 29 heavy (non-hydrogen) atoms. The number of fused-ring (bicyclic) bond motifs is 1. The second-order valence-corrected chi connectivity index (χ2v) is 6.41. The van der Waals surface area contributed by atoms with E-state index < -0.39 is 17.9 Å². The minimum absolute atomic E-state index is 0.0233. The number of benzene rings is 2. The highest BCUT2D eigenvalue weighted by Crippen LogP contribution is 2.27. The molecule has 8 heteroatoms. The van der Waals surface area contributed by atoms with Gasteiger partial charge >= 0.3 is 5.97 Å². The van der Waals surface area contributed by atoms with E-state index in [1.54, 1.807) is 30.5 Å². The lowest BCUT2D eigenvalue weighted by atomic mass is 10.0. The molecule has 0 saturated heterocycles. The molecule has 8 nitrogen and oxygen atoms in total. The minimum Gasteiger partial charge on any atom is -0.508 e. The van der Waals surface area contributed by atoms with E-state index in [0.717, 1.165) is 5.52 Å². The Labute approximate surface area is 166 Å². The van der Waals surface area contributed by atoms with Crippen LogP contribution in [0.1, 0.15) is 11.1 Å². The number of carbonyl (C=O) groups is 2. The highest BCUT2D eigenvalue weighted by Gasteiger charge is 2.21. The van der Waals surface area contributed by atoms with Crippen molar-refractivity contribution in [2.45, 2.75) is 12.5 Å². The number of aromatic nitrogens is 1. The first kappa shape index (κ1) is 19.8. The van der Waals surface area contributed by atoms with Crippen molar-refractivity contribution in [3.63, 3.8) is 0 Å². The topological polar surface area (TPSA) is 132 Å². The largest absolute Gasteiger partial charge is 0.508 e. The number of methoxy groups -OCH3 is 1. The zero-order valence-corrected chi connectivity index (χ0v) is 15.5. The number of rotatable bonds is 7. The number of nitrogens with one attached hydrogen (secondary N) is 2. The van der Waals surface area contributed by atoms with E-state index in [9.17, 15) is 24.9 Å². The Hall–Kier alpha value is -3.94. The summed E-state index contributed by atoms with van der Waals surface area (Å²) >= 11 is 0. The molecule has 1 aromatic heterocycles. The maximum absolute atomic E-state index is 12.2. The monoisotopic (exact) mass is 396 g/mol. The molecule has 150 valence electrons. The lowest BCUT2D eigenvalue weighted by molar-refractivity contribution is -0.141. The van der Waals surface area contributed by atoms with Crippen LogP contribution in [0.15, 0.2) is 48.7 Å². The van der Waals surface area contributed by atoms with Gasteiger partial charge in [-0.25, -0.2) is 4.79 Å². The average Bonchev–Trinajstić information content (AvgIpc) is 3.08. The number of aliphatic carboxylic acids is 1. The fourth-order valence-corrected chi connectivity index (χ4v) is 2.94. The first-order valence-corrected chi connectivity index (χ1v) is 8.74. The molecule has 0 radical (unpaired) electrons. The Morgan fingerprint density at radius 2 is 2.00 bits per heavy atom. The van der Waals surface area contributed by atoms with E-state index in [4.69, 9.17) is 4.74 Å². The number of H-pyrrole nitrogens is 1. The number of carboxylic acid groups (broad SMARTS) is 1. The van der Waals surface area contributed by atoms with Crippen LogP contribution in [-0.4, -0.2) is 45.3 Å². The maximum atomic E-state index is 12.2. The Bertz CT molecular complexity index is 1090. The molecule has 1 amide bonds. The van der Waals surface area contributed by atoms with E-state index in [0.29, 0.717) is 16.5 Å². The summed E-state index contributed by atoms with van der Waals surface area (Å²) in [6.45, 7) is 0. The van der Waals surface area contributed by atoms with Crippen molar-refractivity contribution in [3.05, 3.63) is 59.8 Å². The number of amides is 1. The van der Waals surface area contributed by atoms with Gasteiger partial charge in [0.1, 0.15) is 11.8 Å². The molecular formula is C21H20N2O6. The summed E-state index contributed by atoms with van der Waals surface area (Å²) in [5.74, 6) is -1.44. The summed E-state index contributed by atoms with van der Waals surface area (Å²) in [4.78, 5) is 26.8. The van der Waals surface area contributed by atoms with Gasteiger partial charge in [0.15, 0.2) is 11.5 Å². The highest BCUT2D eigenvalue weighted by molar-refractivity contribution is 5.95. The molecule has 0 saturated carbocycles. The molecule has 0 aliphatic carbocycles. The highest BCUT2D eigenvalue weighted by atomic mass is 16.5. The molecule has 0 aliphatic heterocycles. The quantitative estimate of drug-likeness (QED) is 0.390. The summed E-state index contributed by atoms with van der Waals surface area (Å²) < 4.78 is 5.01. The number of hydrogen-bond acceptors (Lipinski definition) is 5. The SMILES string of the molecule is COc1cc(/C=C/C(=O)NC(Cc2c[nH]c3ccc(O)cc23)C(=O)O)ccc1O. The lowest BCUT2D eigenvalue weighted by Crippen LogP contribution is -2.41. The van der Waals surface area contributed by atoms with Crippen molar-refractivity contribution in [1.29, 1.82) is 0 Å². The fraction of sp³-hybridized carbons (Fsp3) is 0.143. The van der Waals surface area contributed by atoms with Gasteiger partial charge in [-0.05, 0) is 47.5 Å². The Balaban J connectivity index is 1.72. The van der Waals surface area contributed by atoms with E-state index in [2.05, 4.69) is 10.3 Å². The molecule has 1 heterocycles. The summed E-state index contributed by atoms with van der Waals surface area (Å²) in [5, 5.41) is 31.9. The minimum atomic E-state index is -1.17. The number of phenols is 2. The van der Waals surface area contributed by atoms with Crippen LogP contribution in [0.5, 0.6) is 17.2 Å². The molecule has 3 aromatic rings. The van der Waals surface area contributed by atoms with Crippen LogP contribution >= 0.6 is 0 Å². The van der Waals surface area contributed by atoms with E-state index in [-0.39, 0.29) is 23.7 Å². The normalized spacial score (nSPS) is 12.2. The van der Waals surface area contributed by atoms with Gasteiger partial charge in [0.25, 0.3) is 0 Å². The van der Waals surface area contributed by atoms with Crippen LogP contribution in [-0.2, 0) is 16.0 Å². The molecule has 0 fully saturated rings. The number of carboxylic acids is 1. The van der Waals surface area contributed by atoms with Gasteiger partial charge in [-0.3, -0.25) is 4.79 Å². The third-order valence-electron chi connectivity index (χ3n) is 4.42. The summed E-state index contributed by atoms with van der Waals surface area (Å²) in [6.07, 6.45) is 4.40. The van der Waals surface area contributed by atoms with Gasteiger partial charge in [-0.1, -0.05) is 6.07 Å². The summed E-state index contributed by atoms with van der Waals surface area (Å²) in [6, 6.07) is 8.19. The summed E-state index contributed by atoms with van der Waals surface area (Å²) in [7, 11) is 1.41. The zero-order valence-electron chi connectivity index (χ0n) is 15.5. The van der Waals surface area contributed by atoms with E-state index in [1.807, 2.05) is 0 Å². The average molecular weight is 396 g/mol. The lowest BCUT2D eigenvalue weighted by Gasteiger charge is -2.13. The molecule has 5 N–H and O–H groups in total. The van der Waals surface area contributed by atoms with Gasteiger partial charge in [-0.2, -0.15) is 0 Å². The van der Waals surface area contributed by atoms with Gasteiger partial charge in [0.05, 0.1) is 7.11 Å². The van der Waals surface area contributed by atoms with Gasteiger partial charge in [-0.15, -0.1) is 0 Å². The predicted octanol–water partition coefficient (Wildman–Crippen LogP) is 2.41. The molecule has 3 rings (SSSR count).